The summed E-state index contributed by atoms with van der Waals surface area (Å²) in [6.45, 7) is 2.09. The molecule has 0 bridgehead atoms. The lowest BCUT2D eigenvalue weighted by Crippen LogP contribution is -2.08. The van der Waals surface area contributed by atoms with E-state index in [4.69, 9.17) is 0 Å². The second-order valence-electron chi connectivity index (χ2n) is 3.74. The van der Waals surface area contributed by atoms with E-state index in [1.54, 1.807) is 0 Å². The molecule has 17 heavy (non-hydrogen) atoms. The maximum absolute atomic E-state index is 4.34. The van der Waals surface area contributed by atoms with E-state index >= 15 is 0 Å². The number of nitrogens with zero attached hydrogens (tertiary/aromatic N) is 1. The monoisotopic (exact) mass is 354 g/mol. The van der Waals surface area contributed by atoms with Crippen LogP contribution in [0, 0.1) is 0 Å². The van der Waals surface area contributed by atoms with Gasteiger partial charge in [0, 0.05) is 15.1 Å². The zero-order valence-corrected chi connectivity index (χ0v) is 12.5. The first-order chi connectivity index (χ1) is 8.16. The quantitative estimate of drug-likeness (QED) is 0.856. The molecule has 4 heteroatoms. The first-order valence-corrected chi connectivity index (χ1v) is 6.88. The molecule has 0 radical (unpaired) electrons. The van der Waals surface area contributed by atoms with Crippen LogP contribution in [-0.2, 0) is 0 Å². The first kappa shape index (κ1) is 12.6. The summed E-state index contributed by atoms with van der Waals surface area (Å²) in [5.74, 6) is 0. The van der Waals surface area contributed by atoms with Crippen LogP contribution in [0.1, 0.15) is 18.7 Å². The number of halogens is 2. The predicted octanol–water partition coefficient (Wildman–Crippen LogP) is 4.78. The van der Waals surface area contributed by atoms with E-state index in [2.05, 4.69) is 49.1 Å². The topological polar surface area (TPSA) is 24.9 Å². The highest BCUT2D eigenvalue weighted by molar-refractivity contribution is 9.11. The summed E-state index contributed by atoms with van der Waals surface area (Å²) in [4.78, 5) is 4.34. The molecule has 0 aliphatic heterocycles. The molecule has 0 fully saturated rings. The molecule has 0 spiro atoms. The first-order valence-electron chi connectivity index (χ1n) is 5.29. The van der Waals surface area contributed by atoms with E-state index in [1.165, 1.54) is 0 Å². The number of aromatic nitrogens is 1. The van der Waals surface area contributed by atoms with Gasteiger partial charge in [-0.3, -0.25) is 4.98 Å². The average molecular weight is 356 g/mol. The standard InChI is InChI=1S/C13H12Br2N2/c1-9(12-4-2-3-7-16-12)17-13-8-10(14)5-6-11(13)15/h2-9,17H,1H3. The fourth-order valence-electron chi connectivity index (χ4n) is 1.55. The largest absolute Gasteiger partial charge is 0.376 e. The Balaban J connectivity index is 2.18. The van der Waals surface area contributed by atoms with Gasteiger partial charge < -0.3 is 5.32 Å². The fourth-order valence-corrected chi connectivity index (χ4v) is 2.27. The fraction of sp³-hybridized carbons (Fsp3) is 0.154. The molecule has 1 N–H and O–H groups in total. The van der Waals surface area contributed by atoms with Crippen molar-refractivity contribution in [1.29, 1.82) is 0 Å². The smallest absolute Gasteiger partial charge is 0.0657 e. The third-order valence-corrected chi connectivity index (χ3v) is 3.62. The molecule has 1 aromatic heterocycles. The second-order valence-corrected chi connectivity index (χ2v) is 5.51. The van der Waals surface area contributed by atoms with Gasteiger partial charge >= 0.3 is 0 Å². The lowest BCUT2D eigenvalue weighted by atomic mass is 10.2. The SMILES string of the molecule is CC(Nc1cc(Br)ccc1Br)c1ccccn1. The number of hydrogen-bond donors (Lipinski definition) is 1. The van der Waals surface area contributed by atoms with Crippen molar-refractivity contribution in [3.8, 4) is 0 Å². The van der Waals surface area contributed by atoms with E-state index < -0.39 is 0 Å². The lowest BCUT2D eigenvalue weighted by molar-refractivity contribution is 0.838. The summed E-state index contributed by atoms with van der Waals surface area (Å²) in [6, 6.07) is 12.2. The van der Waals surface area contributed by atoms with Crippen molar-refractivity contribution in [2.45, 2.75) is 13.0 Å². The lowest BCUT2D eigenvalue weighted by Gasteiger charge is -2.16. The van der Waals surface area contributed by atoms with Crippen molar-refractivity contribution in [3.05, 3.63) is 57.2 Å². The van der Waals surface area contributed by atoms with E-state index in [9.17, 15) is 0 Å². The summed E-state index contributed by atoms with van der Waals surface area (Å²) in [5, 5.41) is 3.43. The van der Waals surface area contributed by atoms with Crippen molar-refractivity contribution in [2.75, 3.05) is 5.32 Å². The van der Waals surface area contributed by atoms with Crippen LogP contribution in [-0.4, -0.2) is 4.98 Å². The van der Waals surface area contributed by atoms with Crippen molar-refractivity contribution < 1.29 is 0 Å². The number of pyridine rings is 1. The summed E-state index contributed by atoms with van der Waals surface area (Å²) in [7, 11) is 0. The third kappa shape index (κ3) is 3.30. The van der Waals surface area contributed by atoms with Gasteiger partial charge in [0.2, 0.25) is 0 Å². The molecule has 1 heterocycles. The van der Waals surface area contributed by atoms with Crippen LogP contribution in [0.2, 0.25) is 0 Å². The Kier molecular flexibility index (Phi) is 4.18. The normalized spacial score (nSPS) is 12.2. The van der Waals surface area contributed by atoms with Gasteiger partial charge in [-0.25, -0.2) is 0 Å². The van der Waals surface area contributed by atoms with Gasteiger partial charge in [0.1, 0.15) is 0 Å². The summed E-state index contributed by atoms with van der Waals surface area (Å²) in [6.07, 6.45) is 1.81. The van der Waals surface area contributed by atoms with Crippen LogP contribution in [0.4, 0.5) is 5.69 Å². The van der Waals surface area contributed by atoms with Gasteiger partial charge in [0.15, 0.2) is 0 Å². The highest BCUT2D eigenvalue weighted by Gasteiger charge is 2.08. The molecule has 1 unspecified atom stereocenters. The highest BCUT2D eigenvalue weighted by atomic mass is 79.9. The number of benzene rings is 1. The summed E-state index contributed by atoms with van der Waals surface area (Å²) >= 11 is 6.99. The van der Waals surface area contributed by atoms with Crippen molar-refractivity contribution in [3.63, 3.8) is 0 Å². The van der Waals surface area contributed by atoms with Gasteiger partial charge in [-0.1, -0.05) is 22.0 Å². The van der Waals surface area contributed by atoms with Crippen LogP contribution in [0.25, 0.3) is 0 Å². The van der Waals surface area contributed by atoms with Gasteiger partial charge in [-0.15, -0.1) is 0 Å². The molecule has 0 aliphatic carbocycles. The van der Waals surface area contributed by atoms with Crippen molar-refractivity contribution >= 4 is 37.5 Å². The van der Waals surface area contributed by atoms with E-state index in [0.29, 0.717) is 0 Å². The van der Waals surface area contributed by atoms with Gasteiger partial charge in [0.25, 0.3) is 0 Å². The Bertz CT molecular complexity index is 500. The molecule has 0 saturated heterocycles. The third-order valence-electron chi connectivity index (χ3n) is 2.43. The van der Waals surface area contributed by atoms with Gasteiger partial charge in [0.05, 0.1) is 17.4 Å². The van der Waals surface area contributed by atoms with Gasteiger partial charge in [-0.05, 0) is 53.2 Å². The maximum atomic E-state index is 4.34. The minimum atomic E-state index is 0.168. The Morgan fingerprint density at radius 3 is 2.71 bits per heavy atom. The molecule has 0 saturated carbocycles. The highest BCUT2D eigenvalue weighted by Crippen LogP contribution is 2.28. The number of anilines is 1. The second kappa shape index (κ2) is 5.65. The number of hydrogen-bond acceptors (Lipinski definition) is 2. The molecule has 1 aromatic carbocycles. The molecular formula is C13H12Br2N2. The molecular weight excluding hydrogens is 344 g/mol. The number of rotatable bonds is 3. The minimum absolute atomic E-state index is 0.168. The Labute approximate surface area is 118 Å². The predicted molar refractivity (Wildman–Crippen MR) is 78.1 cm³/mol. The molecule has 1 atom stereocenters. The maximum Gasteiger partial charge on any atom is 0.0657 e. The Morgan fingerprint density at radius 2 is 2.00 bits per heavy atom. The van der Waals surface area contributed by atoms with Crippen LogP contribution in [0.5, 0.6) is 0 Å². The van der Waals surface area contributed by atoms with E-state index in [-0.39, 0.29) is 6.04 Å². The minimum Gasteiger partial charge on any atom is -0.376 e. The molecule has 0 amide bonds. The molecule has 88 valence electrons. The average Bonchev–Trinajstić information content (AvgIpc) is 2.35. The summed E-state index contributed by atoms with van der Waals surface area (Å²) in [5.41, 5.74) is 2.08. The van der Waals surface area contributed by atoms with Crippen LogP contribution in [0.15, 0.2) is 51.5 Å². The summed E-state index contributed by atoms with van der Waals surface area (Å²) < 4.78 is 2.10. The van der Waals surface area contributed by atoms with Crippen molar-refractivity contribution in [2.24, 2.45) is 0 Å². The van der Waals surface area contributed by atoms with Gasteiger partial charge in [-0.2, -0.15) is 0 Å². The van der Waals surface area contributed by atoms with E-state index in [0.717, 1.165) is 20.3 Å². The molecule has 0 aliphatic rings. The molecule has 2 aromatic rings. The number of nitrogens with one attached hydrogen (secondary N) is 1. The van der Waals surface area contributed by atoms with Crippen molar-refractivity contribution in [1.82, 2.24) is 4.98 Å². The van der Waals surface area contributed by atoms with E-state index in [1.807, 2.05) is 42.6 Å². The molecule has 2 rings (SSSR count). The van der Waals surface area contributed by atoms with Crippen LogP contribution >= 0.6 is 31.9 Å². The zero-order valence-electron chi connectivity index (χ0n) is 9.32. The van der Waals surface area contributed by atoms with Crippen LogP contribution < -0.4 is 5.32 Å². The Morgan fingerprint density at radius 1 is 1.18 bits per heavy atom. The Hall–Kier alpha value is -0.870. The zero-order chi connectivity index (χ0) is 12.3. The van der Waals surface area contributed by atoms with Crippen LogP contribution in [0.3, 0.4) is 0 Å². The molecule has 2 nitrogen and oxygen atoms in total.